The van der Waals surface area contributed by atoms with Crippen LogP contribution in [0.5, 0.6) is 0 Å². The minimum Gasteiger partial charge on any atom is -0.384 e. The van der Waals surface area contributed by atoms with Crippen LogP contribution in [0.15, 0.2) is 36.4 Å². The van der Waals surface area contributed by atoms with Gasteiger partial charge >= 0.3 is 6.18 Å². The minimum absolute atomic E-state index is 0.0621. The van der Waals surface area contributed by atoms with Gasteiger partial charge in [-0.3, -0.25) is 4.79 Å². The Bertz CT molecular complexity index is 685. The van der Waals surface area contributed by atoms with E-state index in [0.717, 1.165) is 6.07 Å². The molecule has 0 atom stereocenters. The number of alkyl halides is 3. The van der Waals surface area contributed by atoms with E-state index in [1.807, 2.05) is 0 Å². The van der Waals surface area contributed by atoms with Crippen LogP contribution in [0.25, 0.3) is 0 Å². The van der Waals surface area contributed by atoms with Crippen LogP contribution in [0.4, 0.5) is 29.1 Å². The third-order valence-corrected chi connectivity index (χ3v) is 2.53. The van der Waals surface area contributed by atoms with Crippen LogP contribution < -0.4 is 11.1 Å². The number of nitrogens with two attached hydrogens (primary N) is 1. The second-order valence-electron chi connectivity index (χ2n) is 4.09. The molecule has 1 heterocycles. The van der Waals surface area contributed by atoms with Gasteiger partial charge in [0, 0.05) is 5.69 Å². The van der Waals surface area contributed by atoms with Gasteiger partial charge in [0.25, 0.3) is 5.91 Å². The van der Waals surface area contributed by atoms with Gasteiger partial charge in [-0.15, -0.1) is 0 Å². The Morgan fingerprint density at radius 1 is 1.19 bits per heavy atom. The molecular weight excluding hydrogens is 290 g/mol. The maximum Gasteiger partial charge on any atom is 0.419 e. The molecule has 8 heteroatoms. The van der Waals surface area contributed by atoms with Gasteiger partial charge < -0.3 is 11.1 Å². The molecule has 0 spiro atoms. The van der Waals surface area contributed by atoms with Crippen molar-refractivity contribution in [1.82, 2.24) is 4.98 Å². The molecule has 1 aromatic heterocycles. The number of amides is 1. The van der Waals surface area contributed by atoms with Crippen molar-refractivity contribution >= 4 is 17.4 Å². The predicted molar refractivity (Wildman–Crippen MR) is 68.0 cm³/mol. The van der Waals surface area contributed by atoms with Crippen LogP contribution in [0, 0.1) is 5.82 Å². The third-order valence-electron chi connectivity index (χ3n) is 2.53. The predicted octanol–water partition coefficient (Wildman–Crippen LogP) is 3.07. The number of benzene rings is 1. The van der Waals surface area contributed by atoms with Crippen LogP contribution in [0.3, 0.4) is 0 Å². The fourth-order valence-electron chi connectivity index (χ4n) is 1.59. The van der Waals surface area contributed by atoms with Gasteiger partial charge in [-0.2, -0.15) is 13.2 Å². The molecule has 0 fully saturated rings. The SMILES string of the molecule is Nc1cccc(C(=O)Nc2ccc(F)c(C(F)(F)F)c2)n1. The molecule has 0 aliphatic rings. The Morgan fingerprint density at radius 3 is 2.52 bits per heavy atom. The quantitative estimate of drug-likeness (QED) is 0.837. The van der Waals surface area contributed by atoms with Crippen molar-refractivity contribution in [2.75, 3.05) is 11.1 Å². The number of hydrogen-bond donors (Lipinski definition) is 2. The maximum atomic E-state index is 13.1. The first kappa shape index (κ1) is 14.8. The summed E-state index contributed by atoms with van der Waals surface area (Å²) in [6.07, 6.45) is -4.85. The Labute approximate surface area is 116 Å². The maximum absolute atomic E-state index is 13.1. The summed E-state index contributed by atoms with van der Waals surface area (Å²) in [6, 6.07) is 6.44. The van der Waals surface area contributed by atoms with E-state index in [4.69, 9.17) is 5.73 Å². The highest BCUT2D eigenvalue weighted by molar-refractivity contribution is 6.03. The van der Waals surface area contributed by atoms with E-state index in [1.165, 1.54) is 18.2 Å². The average molecular weight is 299 g/mol. The molecule has 21 heavy (non-hydrogen) atoms. The van der Waals surface area contributed by atoms with Gasteiger partial charge in [0.1, 0.15) is 17.3 Å². The van der Waals surface area contributed by atoms with Crippen LogP contribution in [-0.2, 0) is 6.18 Å². The summed E-state index contributed by atoms with van der Waals surface area (Å²) in [5, 5.41) is 2.20. The highest BCUT2D eigenvalue weighted by Gasteiger charge is 2.34. The first-order valence-corrected chi connectivity index (χ1v) is 5.68. The Balaban J connectivity index is 2.26. The summed E-state index contributed by atoms with van der Waals surface area (Å²) in [4.78, 5) is 15.5. The van der Waals surface area contributed by atoms with E-state index < -0.39 is 23.5 Å². The normalized spacial score (nSPS) is 11.2. The molecular formula is C13H9F4N3O. The number of anilines is 2. The zero-order valence-corrected chi connectivity index (χ0v) is 10.4. The first-order chi connectivity index (χ1) is 9.77. The Kier molecular flexibility index (Phi) is 3.79. The lowest BCUT2D eigenvalue weighted by atomic mass is 10.1. The molecule has 2 rings (SSSR count). The number of halogens is 4. The van der Waals surface area contributed by atoms with Gasteiger partial charge in [0.05, 0.1) is 5.56 Å². The number of nitrogens with zero attached hydrogens (tertiary/aromatic N) is 1. The molecule has 0 unspecified atom stereocenters. The molecule has 0 aliphatic heterocycles. The first-order valence-electron chi connectivity index (χ1n) is 5.68. The number of carbonyl (C=O) groups excluding carboxylic acids is 1. The number of hydrogen-bond acceptors (Lipinski definition) is 3. The molecule has 1 amide bonds. The fraction of sp³-hybridized carbons (Fsp3) is 0.0769. The van der Waals surface area contributed by atoms with E-state index in [9.17, 15) is 22.4 Å². The summed E-state index contributed by atoms with van der Waals surface area (Å²) >= 11 is 0. The van der Waals surface area contributed by atoms with Crippen LogP contribution in [-0.4, -0.2) is 10.9 Å². The lowest BCUT2D eigenvalue weighted by Crippen LogP contribution is -2.15. The highest BCUT2D eigenvalue weighted by Crippen LogP contribution is 2.33. The lowest BCUT2D eigenvalue weighted by molar-refractivity contribution is -0.139. The summed E-state index contributed by atoms with van der Waals surface area (Å²) < 4.78 is 50.8. The monoisotopic (exact) mass is 299 g/mol. The van der Waals surface area contributed by atoms with Crippen molar-refractivity contribution in [2.45, 2.75) is 6.18 Å². The number of nitrogens with one attached hydrogen (secondary N) is 1. The Morgan fingerprint density at radius 2 is 1.90 bits per heavy atom. The van der Waals surface area contributed by atoms with Crippen LogP contribution in [0.1, 0.15) is 16.1 Å². The minimum atomic E-state index is -4.85. The molecule has 0 saturated heterocycles. The van der Waals surface area contributed by atoms with Gasteiger partial charge in [-0.25, -0.2) is 9.37 Å². The molecule has 0 bridgehead atoms. The van der Waals surface area contributed by atoms with Gasteiger partial charge in [0.2, 0.25) is 0 Å². The summed E-state index contributed by atoms with van der Waals surface area (Å²) in [5.74, 6) is -2.07. The van der Waals surface area contributed by atoms with E-state index in [-0.39, 0.29) is 17.2 Å². The van der Waals surface area contributed by atoms with Crippen LogP contribution in [0.2, 0.25) is 0 Å². The van der Waals surface area contributed by atoms with Crippen molar-refractivity contribution in [3.63, 3.8) is 0 Å². The average Bonchev–Trinajstić information content (AvgIpc) is 2.39. The van der Waals surface area contributed by atoms with E-state index in [1.54, 1.807) is 0 Å². The van der Waals surface area contributed by atoms with Crippen molar-refractivity contribution < 1.29 is 22.4 Å². The molecule has 0 saturated carbocycles. The molecule has 4 nitrogen and oxygen atoms in total. The van der Waals surface area contributed by atoms with Gasteiger partial charge in [-0.1, -0.05) is 6.07 Å². The highest BCUT2D eigenvalue weighted by atomic mass is 19.4. The number of rotatable bonds is 2. The molecule has 1 aromatic carbocycles. The zero-order valence-electron chi connectivity index (χ0n) is 10.4. The molecule has 0 aliphatic carbocycles. The number of carbonyl (C=O) groups is 1. The zero-order chi connectivity index (χ0) is 15.6. The summed E-state index contributed by atoms with van der Waals surface area (Å²) in [6.45, 7) is 0. The number of nitrogen functional groups attached to an aromatic ring is 1. The number of pyridine rings is 1. The summed E-state index contributed by atoms with van der Waals surface area (Å²) in [7, 11) is 0. The van der Waals surface area contributed by atoms with Gasteiger partial charge in [-0.05, 0) is 30.3 Å². The number of aromatic nitrogens is 1. The Hall–Kier alpha value is -2.64. The van der Waals surface area contributed by atoms with Crippen molar-refractivity contribution in [3.05, 3.63) is 53.5 Å². The van der Waals surface area contributed by atoms with E-state index in [2.05, 4.69) is 10.3 Å². The second kappa shape index (κ2) is 5.39. The fourth-order valence-corrected chi connectivity index (χ4v) is 1.59. The van der Waals surface area contributed by atoms with E-state index >= 15 is 0 Å². The topological polar surface area (TPSA) is 68.0 Å². The second-order valence-corrected chi connectivity index (χ2v) is 4.09. The molecule has 2 aromatic rings. The lowest BCUT2D eigenvalue weighted by Gasteiger charge is -2.11. The van der Waals surface area contributed by atoms with Crippen molar-refractivity contribution in [1.29, 1.82) is 0 Å². The van der Waals surface area contributed by atoms with Gasteiger partial charge in [0.15, 0.2) is 0 Å². The van der Waals surface area contributed by atoms with E-state index in [0.29, 0.717) is 12.1 Å². The van der Waals surface area contributed by atoms with Crippen molar-refractivity contribution in [3.8, 4) is 0 Å². The summed E-state index contributed by atoms with van der Waals surface area (Å²) in [5.41, 5.74) is 3.69. The largest absolute Gasteiger partial charge is 0.419 e. The molecule has 110 valence electrons. The smallest absolute Gasteiger partial charge is 0.384 e. The van der Waals surface area contributed by atoms with Crippen molar-refractivity contribution in [2.24, 2.45) is 0 Å². The third kappa shape index (κ3) is 3.47. The van der Waals surface area contributed by atoms with Crippen LogP contribution >= 0.6 is 0 Å². The standard InChI is InChI=1S/C13H9F4N3O/c14-9-5-4-7(6-8(9)13(15,16)17)19-12(21)10-2-1-3-11(18)20-10/h1-6H,(H2,18,20)(H,19,21). The molecule has 0 radical (unpaired) electrons. The molecule has 3 N–H and O–H groups in total.